The summed E-state index contributed by atoms with van der Waals surface area (Å²) in [5.74, 6) is 1.61. The molecule has 5 aromatic rings. The van der Waals surface area contributed by atoms with Gasteiger partial charge in [-0.25, -0.2) is 4.98 Å². The number of fused-ring (bicyclic) bond motifs is 1. The number of hydrogen-bond donors (Lipinski definition) is 0. The van der Waals surface area contributed by atoms with E-state index in [1.807, 2.05) is 38.1 Å². The van der Waals surface area contributed by atoms with Crippen LogP contribution in [0.3, 0.4) is 0 Å². The molecule has 0 saturated carbocycles. The Morgan fingerprint density at radius 2 is 1.72 bits per heavy atom. The standard InChI is InChI=1S/C37H42N4O2/c1-8-10-13-28-16-18-30(19-17-28)40-26(6)21-29(27(40)7)23-38-41-36(39-34-15-12-11-14-31(34)37(41)42)33-22-32(24(3)4)35(43-9-2)20-25(33)5/h11-12,14-24H,8-10,13H2,1-7H3. The van der Waals surface area contributed by atoms with Crippen LogP contribution in [0.5, 0.6) is 5.75 Å². The minimum Gasteiger partial charge on any atom is -0.494 e. The van der Waals surface area contributed by atoms with Gasteiger partial charge < -0.3 is 9.30 Å². The molecule has 0 aliphatic carbocycles. The van der Waals surface area contributed by atoms with Crippen molar-refractivity contribution in [2.45, 2.75) is 73.6 Å². The normalized spacial score (nSPS) is 11.7. The van der Waals surface area contributed by atoms with Crippen molar-refractivity contribution in [3.05, 3.63) is 111 Å². The van der Waals surface area contributed by atoms with E-state index in [0.29, 0.717) is 23.3 Å². The van der Waals surface area contributed by atoms with Crippen molar-refractivity contribution < 1.29 is 4.74 Å². The highest BCUT2D eigenvalue weighted by molar-refractivity contribution is 5.84. The molecule has 0 unspecified atom stereocenters. The Labute approximate surface area is 254 Å². The third kappa shape index (κ3) is 6.05. The average molecular weight is 575 g/mol. The van der Waals surface area contributed by atoms with Crippen molar-refractivity contribution in [2.75, 3.05) is 6.61 Å². The molecule has 0 aliphatic rings. The van der Waals surface area contributed by atoms with Crippen LogP contribution in [0.4, 0.5) is 0 Å². The average Bonchev–Trinajstić information content (AvgIpc) is 3.28. The van der Waals surface area contributed by atoms with Crippen LogP contribution < -0.4 is 10.3 Å². The molecule has 0 fully saturated rings. The zero-order chi connectivity index (χ0) is 30.7. The van der Waals surface area contributed by atoms with Gasteiger partial charge in [-0.2, -0.15) is 9.78 Å². The largest absolute Gasteiger partial charge is 0.494 e. The van der Waals surface area contributed by atoms with Crippen molar-refractivity contribution >= 4 is 17.1 Å². The number of para-hydroxylation sites is 1. The quantitative estimate of drug-likeness (QED) is 0.157. The fourth-order valence-corrected chi connectivity index (χ4v) is 5.70. The monoisotopic (exact) mass is 574 g/mol. The molecule has 2 heterocycles. The van der Waals surface area contributed by atoms with Gasteiger partial charge in [-0.1, -0.05) is 51.5 Å². The zero-order valence-corrected chi connectivity index (χ0v) is 26.4. The van der Waals surface area contributed by atoms with Crippen LogP contribution in [0.2, 0.25) is 0 Å². The maximum atomic E-state index is 13.9. The maximum Gasteiger partial charge on any atom is 0.282 e. The van der Waals surface area contributed by atoms with Gasteiger partial charge in [-0.3, -0.25) is 4.79 Å². The fourth-order valence-electron chi connectivity index (χ4n) is 5.70. The Morgan fingerprint density at radius 1 is 0.977 bits per heavy atom. The number of hydrogen-bond acceptors (Lipinski definition) is 4. The number of unbranched alkanes of at least 4 members (excludes halogenated alkanes) is 1. The number of nitrogens with zero attached hydrogens (tertiary/aromatic N) is 4. The molecule has 0 spiro atoms. The molecule has 5 rings (SSSR count). The molecule has 0 N–H and O–H groups in total. The second kappa shape index (κ2) is 12.8. The molecule has 2 aromatic heterocycles. The topological polar surface area (TPSA) is 61.4 Å². The summed E-state index contributed by atoms with van der Waals surface area (Å²) in [7, 11) is 0. The number of benzene rings is 3. The minimum atomic E-state index is -0.201. The van der Waals surface area contributed by atoms with Crippen molar-refractivity contribution in [2.24, 2.45) is 5.10 Å². The Kier molecular flexibility index (Phi) is 8.95. The second-order valence-electron chi connectivity index (χ2n) is 11.5. The van der Waals surface area contributed by atoms with Gasteiger partial charge in [-0.15, -0.1) is 0 Å². The Hall–Kier alpha value is -4.45. The molecular formula is C37H42N4O2. The van der Waals surface area contributed by atoms with E-state index >= 15 is 0 Å². The molecular weight excluding hydrogens is 532 g/mol. The molecule has 6 heteroatoms. The smallest absolute Gasteiger partial charge is 0.282 e. The third-order valence-corrected chi connectivity index (χ3v) is 8.07. The maximum absolute atomic E-state index is 13.9. The Morgan fingerprint density at radius 3 is 2.42 bits per heavy atom. The lowest BCUT2D eigenvalue weighted by Crippen LogP contribution is -2.21. The molecule has 0 atom stereocenters. The first-order valence-electron chi connectivity index (χ1n) is 15.4. The molecule has 0 amide bonds. The van der Waals surface area contributed by atoms with Crippen molar-refractivity contribution in [1.29, 1.82) is 0 Å². The van der Waals surface area contributed by atoms with Gasteiger partial charge in [0.15, 0.2) is 5.82 Å². The van der Waals surface area contributed by atoms with E-state index < -0.39 is 0 Å². The second-order valence-corrected chi connectivity index (χ2v) is 11.5. The van der Waals surface area contributed by atoms with Gasteiger partial charge in [-0.05, 0) is 106 Å². The van der Waals surface area contributed by atoms with Gasteiger partial charge >= 0.3 is 0 Å². The highest BCUT2D eigenvalue weighted by Gasteiger charge is 2.19. The Bertz CT molecular complexity index is 1840. The van der Waals surface area contributed by atoms with Crippen LogP contribution in [0, 0.1) is 20.8 Å². The van der Waals surface area contributed by atoms with E-state index in [4.69, 9.17) is 14.8 Å². The summed E-state index contributed by atoms with van der Waals surface area (Å²) < 4.78 is 9.65. The van der Waals surface area contributed by atoms with E-state index in [-0.39, 0.29) is 11.5 Å². The van der Waals surface area contributed by atoms with Crippen LogP contribution in [0.15, 0.2) is 76.6 Å². The molecule has 43 heavy (non-hydrogen) atoms. The molecule has 0 aliphatic heterocycles. The van der Waals surface area contributed by atoms with Crippen molar-refractivity contribution in [3.8, 4) is 22.8 Å². The van der Waals surface area contributed by atoms with Crippen molar-refractivity contribution in [1.82, 2.24) is 14.2 Å². The van der Waals surface area contributed by atoms with Gasteiger partial charge in [0.25, 0.3) is 5.56 Å². The molecule has 222 valence electrons. The van der Waals surface area contributed by atoms with E-state index in [9.17, 15) is 4.79 Å². The van der Waals surface area contributed by atoms with E-state index in [1.165, 1.54) is 23.1 Å². The lowest BCUT2D eigenvalue weighted by molar-refractivity contribution is 0.335. The summed E-state index contributed by atoms with van der Waals surface area (Å²) in [6.07, 6.45) is 5.26. The Balaban J connectivity index is 1.62. The summed E-state index contributed by atoms with van der Waals surface area (Å²) in [5, 5.41) is 5.34. The first-order chi connectivity index (χ1) is 20.7. The fraction of sp³-hybridized carbons (Fsp3) is 0.324. The van der Waals surface area contributed by atoms with Crippen molar-refractivity contribution in [3.63, 3.8) is 0 Å². The molecule has 0 radical (unpaired) electrons. The van der Waals surface area contributed by atoms with Crippen LogP contribution >= 0.6 is 0 Å². The summed E-state index contributed by atoms with van der Waals surface area (Å²) in [5.41, 5.74) is 8.94. The minimum absolute atomic E-state index is 0.201. The third-order valence-electron chi connectivity index (χ3n) is 8.07. The summed E-state index contributed by atoms with van der Waals surface area (Å²) >= 11 is 0. The molecule has 3 aromatic carbocycles. The summed E-state index contributed by atoms with van der Waals surface area (Å²) in [6.45, 7) is 15.3. The van der Waals surface area contributed by atoms with Crippen LogP contribution in [0.1, 0.15) is 80.1 Å². The van der Waals surface area contributed by atoms with E-state index in [1.54, 1.807) is 12.3 Å². The lowest BCUT2D eigenvalue weighted by Gasteiger charge is -2.18. The molecule has 0 saturated heterocycles. The predicted octanol–water partition coefficient (Wildman–Crippen LogP) is 8.53. The molecule has 0 bridgehead atoms. The van der Waals surface area contributed by atoms with E-state index in [0.717, 1.165) is 51.5 Å². The van der Waals surface area contributed by atoms with Gasteiger partial charge in [0, 0.05) is 28.2 Å². The van der Waals surface area contributed by atoms with Gasteiger partial charge in [0.05, 0.1) is 23.7 Å². The van der Waals surface area contributed by atoms with Gasteiger partial charge in [0.2, 0.25) is 0 Å². The van der Waals surface area contributed by atoms with Crippen LogP contribution in [-0.2, 0) is 6.42 Å². The summed E-state index contributed by atoms with van der Waals surface area (Å²) in [6, 6.07) is 22.5. The first-order valence-corrected chi connectivity index (χ1v) is 15.4. The summed E-state index contributed by atoms with van der Waals surface area (Å²) in [4.78, 5) is 18.9. The van der Waals surface area contributed by atoms with Crippen LogP contribution in [0.25, 0.3) is 28.0 Å². The zero-order valence-electron chi connectivity index (χ0n) is 26.4. The van der Waals surface area contributed by atoms with E-state index in [2.05, 4.69) is 75.6 Å². The van der Waals surface area contributed by atoms with Gasteiger partial charge in [0.1, 0.15) is 5.75 Å². The highest BCUT2D eigenvalue weighted by Crippen LogP contribution is 2.34. The number of aromatic nitrogens is 3. The first kappa shape index (κ1) is 30.0. The lowest BCUT2D eigenvalue weighted by atomic mass is 9.96. The predicted molar refractivity (Wildman–Crippen MR) is 178 cm³/mol. The highest BCUT2D eigenvalue weighted by atomic mass is 16.5. The number of aryl methyl sites for hydroxylation is 3. The molecule has 6 nitrogen and oxygen atoms in total. The number of ether oxygens (including phenoxy) is 1. The van der Waals surface area contributed by atoms with Crippen LogP contribution in [-0.4, -0.2) is 27.0 Å². The SMILES string of the molecule is CCCCc1ccc(-n2c(C)cc(C=Nn3c(-c4cc(C(C)C)c(OCC)cc4C)nc4ccccc4c3=O)c2C)cc1. The number of rotatable bonds is 10.